The molecule has 0 radical (unpaired) electrons. The maximum atomic E-state index is 12.0. The van der Waals surface area contributed by atoms with Crippen molar-refractivity contribution in [3.63, 3.8) is 0 Å². The molecule has 6 nitrogen and oxygen atoms in total. The predicted octanol–water partition coefficient (Wildman–Crippen LogP) is 1.39. The molecule has 2 N–H and O–H groups in total. The van der Waals surface area contributed by atoms with Crippen molar-refractivity contribution in [2.75, 3.05) is 52.3 Å². The Balaban J connectivity index is 1.84. The van der Waals surface area contributed by atoms with E-state index in [2.05, 4.69) is 15.6 Å². The van der Waals surface area contributed by atoms with Gasteiger partial charge in [0.1, 0.15) is 4.83 Å². The molecule has 2 heterocycles. The summed E-state index contributed by atoms with van der Waals surface area (Å²) in [6, 6.07) is 1.92. The summed E-state index contributed by atoms with van der Waals surface area (Å²) in [6.45, 7) is 2.80. The molecule has 21 heavy (non-hydrogen) atoms. The first-order valence-corrected chi connectivity index (χ1v) is 8.30. The lowest BCUT2D eigenvalue weighted by molar-refractivity contribution is 0.0958. The van der Waals surface area contributed by atoms with Crippen LogP contribution < -0.4 is 15.5 Å². The Morgan fingerprint density at radius 1 is 1.33 bits per heavy atom. The van der Waals surface area contributed by atoms with E-state index < -0.39 is 0 Å². The minimum atomic E-state index is -0.0369. The lowest BCUT2D eigenvalue weighted by Crippen LogP contribution is -2.32. The van der Waals surface area contributed by atoms with Crippen LogP contribution in [0.15, 0.2) is 6.07 Å². The van der Waals surface area contributed by atoms with Crippen LogP contribution in [-0.4, -0.2) is 58.3 Å². The normalized spacial score (nSPS) is 11.0. The van der Waals surface area contributed by atoms with Gasteiger partial charge in [-0.3, -0.25) is 4.79 Å². The molecule has 0 aliphatic carbocycles. The number of rotatable bonds is 8. The van der Waals surface area contributed by atoms with Crippen molar-refractivity contribution in [2.45, 2.75) is 0 Å². The monoisotopic (exact) mass is 328 g/mol. The molecule has 0 aliphatic rings. The molecule has 2 rings (SSSR count). The van der Waals surface area contributed by atoms with Gasteiger partial charge in [0.2, 0.25) is 0 Å². The molecular formula is C13H20N4O2S2. The number of carbonyl (C=O) groups is 1. The van der Waals surface area contributed by atoms with E-state index in [9.17, 15) is 4.79 Å². The van der Waals surface area contributed by atoms with Crippen molar-refractivity contribution in [1.29, 1.82) is 0 Å². The van der Waals surface area contributed by atoms with Gasteiger partial charge >= 0.3 is 0 Å². The number of aromatic nitrogens is 1. The number of thiophene rings is 1. The number of amides is 1. The third-order valence-electron chi connectivity index (χ3n) is 2.75. The Morgan fingerprint density at radius 3 is 2.81 bits per heavy atom. The summed E-state index contributed by atoms with van der Waals surface area (Å²) in [5, 5.41) is 7.04. The van der Waals surface area contributed by atoms with Gasteiger partial charge in [0.05, 0.1) is 16.2 Å². The van der Waals surface area contributed by atoms with E-state index in [-0.39, 0.29) is 5.91 Å². The Labute approximate surface area is 132 Å². The quantitative estimate of drug-likeness (QED) is 0.717. The van der Waals surface area contributed by atoms with Gasteiger partial charge in [-0.05, 0) is 6.07 Å². The highest BCUT2D eigenvalue weighted by Gasteiger charge is 2.14. The fraction of sp³-hybridized carbons (Fsp3) is 0.538. The average Bonchev–Trinajstić information content (AvgIpc) is 3.00. The Morgan fingerprint density at radius 2 is 2.14 bits per heavy atom. The first-order chi connectivity index (χ1) is 10.1. The van der Waals surface area contributed by atoms with Crippen LogP contribution >= 0.6 is 22.7 Å². The van der Waals surface area contributed by atoms with Gasteiger partial charge in [-0.2, -0.15) is 0 Å². The molecule has 0 spiro atoms. The number of hydrogen-bond donors (Lipinski definition) is 2. The van der Waals surface area contributed by atoms with E-state index in [1.54, 1.807) is 18.4 Å². The van der Waals surface area contributed by atoms with Crippen LogP contribution in [0.4, 0.5) is 5.13 Å². The minimum Gasteiger partial charge on any atom is -0.383 e. The smallest absolute Gasteiger partial charge is 0.261 e. The molecule has 0 saturated carbocycles. The average molecular weight is 328 g/mol. The number of thiazole rings is 1. The van der Waals surface area contributed by atoms with Crippen LogP contribution in [0.1, 0.15) is 9.67 Å². The number of anilines is 1. The molecule has 2 aromatic rings. The Kier molecular flexibility index (Phi) is 5.92. The molecule has 0 fully saturated rings. The van der Waals surface area contributed by atoms with Crippen molar-refractivity contribution >= 4 is 43.2 Å². The number of fused-ring (bicyclic) bond motifs is 1. The van der Waals surface area contributed by atoms with Gasteiger partial charge in [-0.1, -0.05) is 11.3 Å². The van der Waals surface area contributed by atoms with Crippen molar-refractivity contribution < 1.29 is 9.53 Å². The van der Waals surface area contributed by atoms with E-state index in [1.807, 2.05) is 25.1 Å². The van der Waals surface area contributed by atoms with Crippen molar-refractivity contribution in [2.24, 2.45) is 0 Å². The van der Waals surface area contributed by atoms with Crippen LogP contribution in [0.2, 0.25) is 0 Å². The van der Waals surface area contributed by atoms with Crippen molar-refractivity contribution in [3.8, 4) is 0 Å². The summed E-state index contributed by atoms with van der Waals surface area (Å²) in [5.74, 6) is -0.0369. The first-order valence-electron chi connectivity index (χ1n) is 6.67. The van der Waals surface area contributed by atoms with Crippen LogP contribution in [0.25, 0.3) is 9.53 Å². The highest BCUT2D eigenvalue weighted by atomic mass is 32.1. The molecule has 0 aromatic carbocycles. The second kappa shape index (κ2) is 7.69. The molecular weight excluding hydrogens is 308 g/mol. The number of carbonyl (C=O) groups excluding carboxylic acids is 1. The zero-order valence-corrected chi connectivity index (χ0v) is 14.1. The molecule has 1 amide bonds. The lowest BCUT2D eigenvalue weighted by atomic mass is 10.4. The predicted molar refractivity (Wildman–Crippen MR) is 88.9 cm³/mol. The molecule has 0 bridgehead atoms. The van der Waals surface area contributed by atoms with E-state index >= 15 is 0 Å². The summed E-state index contributed by atoms with van der Waals surface area (Å²) < 4.78 is 5.99. The number of hydrogen-bond acceptors (Lipinski definition) is 7. The van der Waals surface area contributed by atoms with Crippen LogP contribution in [0.5, 0.6) is 0 Å². The van der Waals surface area contributed by atoms with E-state index in [0.717, 1.165) is 27.8 Å². The molecule has 0 atom stereocenters. The number of methoxy groups -OCH3 is 1. The van der Waals surface area contributed by atoms with Gasteiger partial charge in [-0.15, -0.1) is 11.3 Å². The van der Waals surface area contributed by atoms with E-state index in [4.69, 9.17) is 4.74 Å². The lowest BCUT2D eigenvalue weighted by Gasteiger charge is -2.06. The summed E-state index contributed by atoms with van der Waals surface area (Å²) in [7, 11) is 5.60. The zero-order valence-electron chi connectivity index (χ0n) is 12.4. The van der Waals surface area contributed by atoms with Crippen molar-refractivity contribution in [1.82, 2.24) is 15.6 Å². The van der Waals surface area contributed by atoms with Gasteiger partial charge in [0, 0.05) is 40.8 Å². The minimum absolute atomic E-state index is 0.0369. The molecule has 2 aromatic heterocycles. The molecule has 116 valence electrons. The molecule has 8 heteroatoms. The molecule has 0 aliphatic heterocycles. The zero-order chi connectivity index (χ0) is 15.2. The SMILES string of the molecule is COCCNCCNC(=O)c1cc2sc(N(C)C)nc2s1. The second-order valence-electron chi connectivity index (χ2n) is 4.67. The first kappa shape index (κ1) is 16.2. The van der Waals surface area contributed by atoms with Gasteiger partial charge in [0.25, 0.3) is 5.91 Å². The molecule has 0 saturated heterocycles. The number of ether oxygens (including phenoxy) is 1. The van der Waals surface area contributed by atoms with Crippen LogP contribution in [0.3, 0.4) is 0 Å². The van der Waals surface area contributed by atoms with E-state index in [1.165, 1.54) is 11.3 Å². The van der Waals surface area contributed by atoms with Crippen molar-refractivity contribution in [3.05, 3.63) is 10.9 Å². The van der Waals surface area contributed by atoms with Crippen LogP contribution in [-0.2, 0) is 4.74 Å². The molecule has 0 unspecified atom stereocenters. The highest BCUT2D eigenvalue weighted by Crippen LogP contribution is 2.33. The highest BCUT2D eigenvalue weighted by molar-refractivity contribution is 7.29. The third-order valence-corrected chi connectivity index (χ3v) is 5.08. The standard InChI is InChI=1S/C13H20N4O2S2/c1-17(2)13-16-12-10(21-13)8-9(20-12)11(18)15-5-4-14-6-7-19-3/h8,14H,4-7H2,1-3H3,(H,15,18). The summed E-state index contributed by atoms with van der Waals surface area (Å²) in [6.07, 6.45) is 0. The third kappa shape index (κ3) is 4.37. The topological polar surface area (TPSA) is 66.5 Å². The number of nitrogens with one attached hydrogen (secondary N) is 2. The van der Waals surface area contributed by atoms with Gasteiger partial charge < -0.3 is 20.3 Å². The van der Waals surface area contributed by atoms with Crippen LogP contribution in [0, 0.1) is 0 Å². The van der Waals surface area contributed by atoms with E-state index in [0.29, 0.717) is 18.0 Å². The number of nitrogens with zero attached hydrogens (tertiary/aromatic N) is 2. The maximum Gasteiger partial charge on any atom is 0.261 e. The Bertz CT molecular complexity index is 563. The summed E-state index contributed by atoms with van der Waals surface area (Å²) in [4.78, 5) is 20.1. The van der Waals surface area contributed by atoms with Gasteiger partial charge in [0.15, 0.2) is 5.13 Å². The second-order valence-corrected chi connectivity index (χ2v) is 6.71. The summed E-state index contributed by atoms with van der Waals surface area (Å²) >= 11 is 3.04. The van der Waals surface area contributed by atoms with Gasteiger partial charge in [-0.25, -0.2) is 4.98 Å². The fourth-order valence-electron chi connectivity index (χ4n) is 1.68. The Hall–Kier alpha value is -1.22. The summed E-state index contributed by atoms with van der Waals surface area (Å²) in [5.41, 5.74) is 0. The maximum absolute atomic E-state index is 12.0. The fourth-order valence-corrected chi connectivity index (χ4v) is 3.73. The largest absolute Gasteiger partial charge is 0.383 e.